The molecule has 0 saturated heterocycles. The molecule has 0 fully saturated rings. The lowest BCUT2D eigenvalue weighted by atomic mass is 10.0. The minimum Gasteiger partial charge on any atom is -0.298 e. The summed E-state index contributed by atoms with van der Waals surface area (Å²) < 4.78 is 0. The highest BCUT2D eigenvalue weighted by molar-refractivity contribution is 4.80. The van der Waals surface area contributed by atoms with Crippen molar-refractivity contribution in [3.05, 3.63) is 0 Å². The lowest BCUT2D eigenvalue weighted by Gasteiger charge is -2.40. The van der Waals surface area contributed by atoms with Crippen molar-refractivity contribution in [2.24, 2.45) is 0 Å². The second-order valence-electron chi connectivity index (χ2n) is 6.49. The fraction of sp³-hybridized carbons (Fsp3) is 1.00. The molecule has 0 rings (SSSR count). The molecule has 0 spiro atoms. The van der Waals surface area contributed by atoms with E-state index in [9.17, 15) is 0 Å². The topological polar surface area (TPSA) is 6.48 Å². The molecule has 18 heavy (non-hydrogen) atoms. The predicted molar refractivity (Wildman–Crippen MR) is 83.2 cm³/mol. The Hall–Kier alpha value is -0.0800. The van der Waals surface area contributed by atoms with Gasteiger partial charge in [-0.15, -0.1) is 0 Å². The summed E-state index contributed by atoms with van der Waals surface area (Å²) in [7, 11) is 0. The van der Waals surface area contributed by atoms with Crippen LogP contribution in [0.3, 0.4) is 0 Å². The van der Waals surface area contributed by atoms with Crippen LogP contribution in [0.25, 0.3) is 0 Å². The summed E-state index contributed by atoms with van der Waals surface area (Å²) in [5.41, 5.74) is 0. The Morgan fingerprint density at radius 2 is 1.11 bits per heavy atom. The number of nitrogens with zero attached hydrogens (tertiary/aromatic N) is 2. The molecule has 2 unspecified atom stereocenters. The van der Waals surface area contributed by atoms with E-state index in [4.69, 9.17) is 0 Å². The minimum absolute atomic E-state index is 0.626. The van der Waals surface area contributed by atoms with Gasteiger partial charge in [0, 0.05) is 30.2 Å². The van der Waals surface area contributed by atoms with E-state index in [0.717, 1.165) is 6.54 Å². The monoisotopic (exact) mass is 256 g/mol. The van der Waals surface area contributed by atoms with Gasteiger partial charge >= 0.3 is 0 Å². The molecule has 0 saturated carbocycles. The zero-order valence-corrected chi connectivity index (χ0v) is 14.2. The third-order valence-corrected chi connectivity index (χ3v) is 3.98. The SMILES string of the molecule is CCN(C(C)C)C(C)CC(C)N(C(C)C)C(C)C. The maximum atomic E-state index is 2.63. The van der Waals surface area contributed by atoms with E-state index in [1.165, 1.54) is 6.42 Å². The number of rotatable bonds is 8. The summed E-state index contributed by atoms with van der Waals surface area (Å²) in [6.07, 6.45) is 1.25. The molecule has 0 aliphatic carbocycles. The molecule has 2 nitrogen and oxygen atoms in total. The second kappa shape index (κ2) is 8.16. The molecule has 0 aliphatic rings. The lowest BCUT2D eigenvalue weighted by molar-refractivity contribution is 0.0808. The largest absolute Gasteiger partial charge is 0.298 e. The average molecular weight is 256 g/mol. The van der Waals surface area contributed by atoms with Crippen molar-refractivity contribution in [2.45, 2.75) is 98.9 Å². The highest BCUT2D eigenvalue weighted by Gasteiger charge is 2.24. The van der Waals surface area contributed by atoms with Crippen molar-refractivity contribution in [3.63, 3.8) is 0 Å². The van der Waals surface area contributed by atoms with E-state index in [1.54, 1.807) is 0 Å². The van der Waals surface area contributed by atoms with Gasteiger partial charge in [0.25, 0.3) is 0 Å². The highest BCUT2D eigenvalue weighted by Crippen LogP contribution is 2.18. The Kier molecular flexibility index (Phi) is 8.13. The van der Waals surface area contributed by atoms with Crippen molar-refractivity contribution in [1.29, 1.82) is 0 Å². The van der Waals surface area contributed by atoms with Crippen molar-refractivity contribution in [3.8, 4) is 0 Å². The Morgan fingerprint density at radius 1 is 0.667 bits per heavy atom. The fourth-order valence-corrected chi connectivity index (χ4v) is 3.55. The molecule has 0 aromatic carbocycles. The molecule has 2 atom stereocenters. The summed E-state index contributed by atoms with van der Waals surface area (Å²) in [6.45, 7) is 22.0. The molecule has 110 valence electrons. The first-order valence-electron chi connectivity index (χ1n) is 7.75. The van der Waals surface area contributed by atoms with Crippen LogP contribution in [0, 0.1) is 0 Å². The third kappa shape index (κ3) is 5.27. The van der Waals surface area contributed by atoms with Gasteiger partial charge in [0.1, 0.15) is 0 Å². The zero-order chi connectivity index (χ0) is 14.5. The molecule has 0 aromatic heterocycles. The van der Waals surface area contributed by atoms with Gasteiger partial charge in [-0.3, -0.25) is 9.80 Å². The van der Waals surface area contributed by atoms with E-state index in [1.807, 2.05) is 0 Å². The first kappa shape index (κ1) is 17.9. The van der Waals surface area contributed by atoms with Gasteiger partial charge in [-0.05, 0) is 68.4 Å². The Morgan fingerprint density at radius 3 is 1.39 bits per heavy atom. The minimum atomic E-state index is 0.626. The van der Waals surface area contributed by atoms with E-state index in [2.05, 4.69) is 72.1 Å². The van der Waals surface area contributed by atoms with Crippen LogP contribution in [0.4, 0.5) is 0 Å². The smallest absolute Gasteiger partial charge is 0.00871 e. The summed E-state index contributed by atoms with van der Waals surface area (Å²) in [4.78, 5) is 5.22. The molecule has 0 aliphatic heterocycles. The van der Waals surface area contributed by atoms with E-state index in [0.29, 0.717) is 30.2 Å². The first-order valence-corrected chi connectivity index (χ1v) is 7.75. The van der Waals surface area contributed by atoms with E-state index in [-0.39, 0.29) is 0 Å². The quantitative estimate of drug-likeness (QED) is 0.647. The third-order valence-electron chi connectivity index (χ3n) is 3.98. The van der Waals surface area contributed by atoms with Gasteiger partial charge in [-0.25, -0.2) is 0 Å². The first-order chi connectivity index (χ1) is 8.22. The van der Waals surface area contributed by atoms with Gasteiger partial charge in [0.2, 0.25) is 0 Å². The molecule has 0 heterocycles. The zero-order valence-electron chi connectivity index (χ0n) is 14.2. The van der Waals surface area contributed by atoms with Crippen molar-refractivity contribution < 1.29 is 0 Å². The van der Waals surface area contributed by atoms with Crippen LogP contribution in [0.5, 0.6) is 0 Å². The average Bonchev–Trinajstić information content (AvgIpc) is 2.15. The summed E-state index contributed by atoms with van der Waals surface area (Å²) >= 11 is 0. The van der Waals surface area contributed by atoms with Crippen LogP contribution in [0.1, 0.15) is 68.7 Å². The molecule has 0 aromatic rings. The number of hydrogen-bond acceptors (Lipinski definition) is 2. The van der Waals surface area contributed by atoms with Crippen molar-refractivity contribution in [1.82, 2.24) is 9.80 Å². The van der Waals surface area contributed by atoms with Gasteiger partial charge in [0.15, 0.2) is 0 Å². The predicted octanol–water partition coefficient (Wildman–Crippen LogP) is 4.00. The molecule has 2 heteroatoms. The van der Waals surface area contributed by atoms with Crippen molar-refractivity contribution >= 4 is 0 Å². The Bertz CT molecular complexity index is 203. The molecule has 0 amide bonds. The van der Waals surface area contributed by atoms with Gasteiger partial charge in [0.05, 0.1) is 0 Å². The normalized spacial score (nSPS) is 16.3. The maximum absolute atomic E-state index is 2.63. The van der Waals surface area contributed by atoms with Crippen LogP contribution >= 0.6 is 0 Å². The van der Waals surface area contributed by atoms with Crippen LogP contribution in [0.15, 0.2) is 0 Å². The van der Waals surface area contributed by atoms with E-state index >= 15 is 0 Å². The molecular weight excluding hydrogens is 220 g/mol. The van der Waals surface area contributed by atoms with Gasteiger partial charge in [-0.2, -0.15) is 0 Å². The lowest BCUT2D eigenvalue weighted by Crippen LogP contribution is -2.48. The summed E-state index contributed by atoms with van der Waals surface area (Å²) in [5, 5.41) is 0. The standard InChI is InChI=1S/C16H36N2/c1-10-17(12(2)3)15(8)11-16(9)18(13(4)5)14(6)7/h12-16H,10-11H2,1-9H3. The number of hydrogen-bond donors (Lipinski definition) is 0. The van der Waals surface area contributed by atoms with E-state index < -0.39 is 0 Å². The van der Waals surface area contributed by atoms with Crippen molar-refractivity contribution in [2.75, 3.05) is 6.54 Å². The van der Waals surface area contributed by atoms with Crippen LogP contribution < -0.4 is 0 Å². The van der Waals surface area contributed by atoms with Crippen LogP contribution in [-0.4, -0.2) is 46.6 Å². The summed E-state index contributed by atoms with van der Waals surface area (Å²) in [6, 6.07) is 3.20. The second-order valence-corrected chi connectivity index (χ2v) is 6.49. The Labute approximate surface area is 116 Å². The fourth-order valence-electron chi connectivity index (χ4n) is 3.55. The van der Waals surface area contributed by atoms with Crippen LogP contribution in [-0.2, 0) is 0 Å². The maximum Gasteiger partial charge on any atom is 0.00871 e. The Balaban J connectivity index is 4.57. The molecule has 0 N–H and O–H groups in total. The summed E-state index contributed by atoms with van der Waals surface area (Å²) in [5.74, 6) is 0. The molecule has 0 radical (unpaired) electrons. The van der Waals surface area contributed by atoms with Gasteiger partial charge in [-0.1, -0.05) is 6.92 Å². The highest BCUT2D eigenvalue weighted by atomic mass is 15.2. The van der Waals surface area contributed by atoms with Crippen LogP contribution in [0.2, 0.25) is 0 Å². The molecule has 0 bridgehead atoms. The van der Waals surface area contributed by atoms with Gasteiger partial charge < -0.3 is 0 Å². The molecular formula is C16H36N2.